The zero-order valence-electron chi connectivity index (χ0n) is 14.2. The molecule has 0 radical (unpaired) electrons. The lowest BCUT2D eigenvalue weighted by atomic mass is 10.2. The van der Waals surface area contributed by atoms with Crippen LogP contribution in [0.3, 0.4) is 0 Å². The summed E-state index contributed by atoms with van der Waals surface area (Å²) in [6, 6.07) is 7.12. The number of aromatic amines is 1. The Morgan fingerprint density at radius 1 is 1.25 bits per heavy atom. The van der Waals surface area contributed by atoms with E-state index in [0.29, 0.717) is 15.7 Å². The van der Waals surface area contributed by atoms with Crippen molar-refractivity contribution in [1.29, 1.82) is 0 Å². The summed E-state index contributed by atoms with van der Waals surface area (Å²) in [5, 5.41) is 14.5. The van der Waals surface area contributed by atoms with E-state index in [4.69, 9.17) is 11.6 Å². The number of benzene rings is 1. The standard InChI is InChI=1S/C16H11ClN6O4S/c1-21-12-11(13(24)20-16(21)25)22(15(19-12)23(26)27)6-10-7-28-14(18-10)8-2-4-9(17)5-3-8/h2-5,7H,6H2,1H3,(H,20,24,25). The number of aryl methyl sites for hydroxylation is 1. The molecule has 4 rings (SSSR count). The molecule has 0 aliphatic rings. The Balaban J connectivity index is 1.82. The maximum Gasteiger partial charge on any atom is 0.437 e. The van der Waals surface area contributed by atoms with Crippen LogP contribution in [-0.2, 0) is 13.6 Å². The molecule has 1 aromatic carbocycles. The zero-order valence-corrected chi connectivity index (χ0v) is 15.8. The number of aromatic nitrogens is 5. The molecule has 0 bridgehead atoms. The molecule has 0 amide bonds. The number of thiazole rings is 1. The summed E-state index contributed by atoms with van der Waals surface area (Å²) >= 11 is 7.25. The second-order valence-electron chi connectivity index (χ2n) is 5.90. The van der Waals surface area contributed by atoms with Gasteiger partial charge in [-0.2, -0.15) is 0 Å². The van der Waals surface area contributed by atoms with Gasteiger partial charge in [-0.05, 0) is 22.0 Å². The Kier molecular flexibility index (Phi) is 4.32. The Bertz CT molecular complexity index is 1330. The highest BCUT2D eigenvalue weighted by Gasteiger charge is 2.27. The van der Waals surface area contributed by atoms with Crippen LogP contribution in [0.25, 0.3) is 21.7 Å². The number of hydrogen-bond acceptors (Lipinski definition) is 7. The summed E-state index contributed by atoms with van der Waals surface area (Å²) in [6.45, 7) is -0.0435. The van der Waals surface area contributed by atoms with Gasteiger partial charge >= 0.3 is 11.6 Å². The molecule has 10 nitrogen and oxygen atoms in total. The lowest BCUT2D eigenvalue weighted by Crippen LogP contribution is -2.29. The molecule has 0 saturated heterocycles. The average molecular weight is 419 g/mol. The number of H-pyrrole nitrogens is 1. The van der Waals surface area contributed by atoms with E-state index in [0.717, 1.165) is 14.7 Å². The number of nitro groups is 1. The van der Waals surface area contributed by atoms with Gasteiger partial charge in [0.25, 0.3) is 11.2 Å². The molecular weight excluding hydrogens is 408 g/mol. The van der Waals surface area contributed by atoms with Crippen LogP contribution in [0, 0.1) is 10.1 Å². The minimum atomic E-state index is -0.744. The van der Waals surface area contributed by atoms with E-state index in [9.17, 15) is 19.7 Å². The topological polar surface area (TPSA) is 129 Å². The minimum Gasteiger partial charge on any atom is -0.390 e. The molecule has 0 atom stereocenters. The van der Waals surface area contributed by atoms with Crippen LogP contribution in [0.4, 0.5) is 5.95 Å². The Labute approximate surface area is 164 Å². The van der Waals surface area contributed by atoms with Crippen molar-refractivity contribution < 1.29 is 4.92 Å². The Morgan fingerprint density at radius 2 is 1.96 bits per heavy atom. The van der Waals surface area contributed by atoms with Crippen LogP contribution < -0.4 is 11.2 Å². The van der Waals surface area contributed by atoms with Gasteiger partial charge in [0.05, 0.1) is 5.69 Å². The van der Waals surface area contributed by atoms with Crippen LogP contribution in [0.2, 0.25) is 5.02 Å². The van der Waals surface area contributed by atoms with Crippen molar-refractivity contribution in [3.8, 4) is 10.6 Å². The van der Waals surface area contributed by atoms with Gasteiger partial charge in [-0.3, -0.25) is 14.3 Å². The van der Waals surface area contributed by atoms with Crippen molar-refractivity contribution in [2.24, 2.45) is 7.05 Å². The third-order valence-electron chi connectivity index (χ3n) is 4.11. The summed E-state index contributed by atoms with van der Waals surface area (Å²) < 4.78 is 2.20. The van der Waals surface area contributed by atoms with Gasteiger partial charge in [-0.25, -0.2) is 14.3 Å². The van der Waals surface area contributed by atoms with E-state index in [1.54, 1.807) is 17.5 Å². The summed E-state index contributed by atoms with van der Waals surface area (Å²) in [5.41, 5.74) is -0.192. The lowest BCUT2D eigenvalue weighted by Gasteiger charge is -2.00. The van der Waals surface area contributed by atoms with Gasteiger partial charge in [0.2, 0.25) is 5.52 Å². The number of rotatable bonds is 4. The van der Waals surface area contributed by atoms with Crippen molar-refractivity contribution in [1.82, 2.24) is 24.1 Å². The highest BCUT2D eigenvalue weighted by Crippen LogP contribution is 2.26. The Morgan fingerprint density at radius 3 is 2.64 bits per heavy atom. The largest absolute Gasteiger partial charge is 0.437 e. The fourth-order valence-electron chi connectivity index (χ4n) is 2.78. The second-order valence-corrected chi connectivity index (χ2v) is 7.19. The number of nitrogens with zero attached hydrogens (tertiary/aromatic N) is 5. The molecule has 0 unspecified atom stereocenters. The molecule has 0 aliphatic carbocycles. The van der Waals surface area contributed by atoms with Gasteiger partial charge in [0.1, 0.15) is 11.6 Å². The first-order valence-electron chi connectivity index (χ1n) is 7.89. The number of imidazole rings is 1. The molecule has 0 fully saturated rings. The predicted molar refractivity (Wildman–Crippen MR) is 104 cm³/mol. The number of hydrogen-bond donors (Lipinski definition) is 1. The molecule has 0 aliphatic heterocycles. The third kappa shape index (κ3) is 3.00. The summed E-state index contributed by atoms with van der Waals surface area (Å²) in [7, 11) is 1.38. The molecule has 1 N–H and O–H groups in total. The fourth-order valence-corrected chi connectivity index (χ4v) is 3.72. The molecule has 142 valence electrons. The average Bonchev–Trinajstić information content (AvgIpc) is 3.26. The van der Waals surface area contributed by atoms with Crippen LogP contribution in [-0.4, -0.2) is 29.0 Å². The third-order valence-corrected chi connectivity index (χ3v) is 5.31. The quantitative estimate of drug-likeness (QED) is 0.399. The smallest absolute Gasteiger partial charge is 0.390 e. The van der Waals surface area contributed by atoms with Crippen LogP contribution in [0.15, 0.2) is 39.2 Å². The van der Waals surface area contributed by atoms with Crippen LogP contribution in [0.5, 0.6) is 0 Å². The number of fused-ring (bicyclic) bond motifs is 1. The monoisotopic (exact) mass is 418 g/mol. The molecular formula is C16H11ClN6O4S. The molecule has 4 aromatic rings. The van der Waals surface area contributed by atoms with E-state index in [2.05, 4.69) is 15.0 Å². The first kappa shape index (κ1) is 18.1. The van der Waals surface area contributed by atoms with Crippen LogP contribution in [0.1, 0.15) is 5.69 Å². The van der Waals surface area contributed by atoms with E-state index >= 15 is 0 Å². The first-order chi connectivity index (χ1) is 13.3. The summed E-state index contributed by atoms with van der Waals surface area (Å²) in [6.07, 6.45) is 0. The summed E-state index contributed by atoms with van der Waals surface area (Å²) in [4.78, 5) is 45.3. The van der Waals surface area contributed by atoms with E-state index in [1.165, 1.54) is 18.4 Å². The van der Waals surface area contributed by atoms with E-state index in [1.807, 2.05) is 12.1 Å². The van der Waals surface area contributed by atoms with Crippen molar-refractivity contribution >= 4 is 40.0 Å². The highest BCUT2D eigenvalue weighted by atomic mass is 35.5. The highest BCUT2D eigenvalue weighted by molar-refractivity contribution is 7.13. The number of nitrogens with one attached hydrogen (secondary N) is 1. The molecule has 12 heteroatoms. The molecule has 3 heterocycles. The van der Waals surface area contributed by atoms with Crippen molar-refractivity contribution in [3.05, 3.63) is 71.3 Å². The number of halogens is 1. The van der Waals surface area contributed by atoms with Crippen LogP contribution >= 0.6 is 22.9 Å². The fraction of sp³-hybridized carbons (Fsp3) is 0.125. The maximum absolute atomic E-state index is 12.3. The van der Waals surface area contributed by atoms with Gasteiger partial charge in [-0.15, -0.1) is 11.3 Å². The molecule has 0 saturated carbocycles. The lowest BCUT2D eigenvalue weighted by molar-refractivity contribution is -0.396. The SMILES string of the molecule is Cn1c(=O)[nH]c(=O)c2c1nc([N+](=O)[O-])n2Cc1csc(-c2ccc(Cl)cc2)n1. The normalized spacial score (nSPS) is 11.2. The van der Waals surface area contributed by atoms with Gasteiger partial charge in [-0.1, -0.05) is 23.7 Å². The molecule has 28 heavy (non-hydrogen) atoms. The van der Waals surface area contributed by atoms with E-state index < -0.39 is 22.1 Å². The Hall–Kier alpha value is -3.31. The maximum atomic E-state index is 12.3. The van der Waals surface area contributed by atoms with Crippen molar-refractivity contribution in [2.75, 3.05) is 0 Å². The van der Waals surface area contributed by atoms with Crippen molar-refractivity contribution in [3.63, 3.8) is 0 Å². The molecule has 0 spiro atoms. The second kappa shape index (κ2) is 6.69. The van der Waals surface area contributed by atoms with Gasteiger partial charge < -0.3 is 10.1 Å². The van der Waals surface area contributed by atoms with Gasteiger partial charge in [0.15, 0.2) is 0 Å². The zero-order chi connectivity index (χ0) is 20.0. The first-order valence-corrected chi connectivity index (χ1v) is 9.15. The summed E-state index contributed by atoms with van der Waals surface area (Å²) in [5.74, 6) is -0.539. The minimum absolute atomic E-state index is 0.0435. The van der Waals surface area contributed by atoms with Crippen molar-refractivity contribution in [2.45, 2.75) is 6.54 Å². The molecule has 3 aromatic heterocycles. The van der Waals surface area contributed by atoms with E-state index in [-0.39, 0.29) is 17.7 Å². The van der Waals surface area contributed by atoms with Gasteiger partial charge in [0, 0.05) is 23.0 Å². The predicted octanol–water partition coefficient (Wildman–Crippen LogP) is 2.16.